The number of methoxy groups -OCH3 is 2. The lowest BCUT2D eigenvalue weighted by Crippen LogP contribution is -2.16. The smallest absolute Gasteiger partial charge is 0.276 e. The summed E-state index contributed by atoms with van der Waals surface area (Å²) in [7, 11) is 3.06. The van der Waals surface area contributed by atoms with Crippen LogP contribution in [0, 0.1) is 0 Å². The van der Waals surface area contributed by atoms with Crippen molar-refractivity contribution in [2.45, 2.75) is 0 Å². The fraction of sp³-hybridized carbons (Fsp3) is 0.154. The van der Waals surface area contributed by atoms with Crippen molar-refractivity contribution >= 4 is 17.4 Å². The molecule has 0 spiro atoms. The van der Waals surface area contributed by atoms with Gasteiger partial charge in [0.2, 0.25) is 0 Å². The van der Waals surface area contributed by atoms with Crippen LogP contribution < -0.4 is 26.1 Å². The number of nitrogens with zero attached hydrogens (tertiary/aromatic N) is 2. The molecule has 0 aliphatic heterocycles. The van der Waals surface area contributed by atoms with Gasteiger partial charge in [-0.25, -0.2) is 5.84 Å². The lowest BCUT2D eigenvalue weighted by atomic mass is 10.2. The summed E-state index contributed by atoms with van der Waals surface area (Å²) in [5.74, 6) is 6.29. The predicted molar refractivity (Wildman–Crippen MR) is 77.3 cm³/mol. The Morgan fingerprint density at radius 3 is 2.24 bits per heavy atom. The number of benzene rings is 1. The molecule has 0 saturated heterocycles. The molecule has 8 heteroatoms. The first-order chi connectivity index (χ1) is 10.2. The average molecular weight is 289 g/mol. The molecule has 2 aromatic rings. The minimum absolute atomic E-state index is 0.163. The fourth-order valence-electron chi connectivity index (χ4n) is 1.61. The molecule has 1 heterocycles. The first-order valence-electron chi connectivity index (χ1n) is 6.01. The number of carbonyl (C=O) groups excluding carboxylic acids is 1. The molecule has 2 rings (SSSR count). The topological polar surface area (TPSA) is 111 Å². The van der Waals surface area contributed by atoms with E-state index in [2.05, 4.69) is 20.9 Å². The lowest BCUT2D eigenvalue weighted by Gasteiger charge is -2.09. The molecule has 0 saturated carbocycles. The van der Waals surface area contributed by atoms with Crippen LogP contribution in [0.15, 0.2) is 30.3 Å². The second-order valence-electron chi connectivity index (χ2n) is 4.00. The number of carbonyl (C=O) groups is 1. The van der Waals surface area contributed by atoms with Gasteiger partial charge >= 0.3 is 0 Å². The van der Waals surface area contributed by atoms with Gasteiger partial charge in [0.15, 0.2) is 11.5 Å². The van der Waals surface area contributed by atoms with E-state index in [1.807, 2.05) is 0 Å². The van der Waals surface area contributed by atoms with Crippen molar-refractivity contribution < 1.29 is 14.3 Å². The van der Waals surface area contributed by atoms with Gasteiger partial charge in [-0.1, -0.05) is 0 Å². The van der Waals surface area contributed by atoms with Crippen LogP contribution in [0.3, 0.4) is 0 Å². The van der Waals surface area contributed by atoms with E-state index in [9.17, 15) is 4.79 Å². The summed E-state index contributed by atoms with van der Waals surface area (Å²) in [6, 6.07) is 8.10. The molecular formula is C13H15N5O3. The molecule has 1 aromatic carbocycles. The summed E-state index contributed by atoms with van der Waals surface area (Å²) < 4.78 is 10.3. The van der Waals surface area contributed by atoms with Gasteiger partial charge in [-0.05, 0) is 12.1 Å². The van der Waals surface area contributed by atoms with Crippen LogP contribution in [0.4, 0.5) is 11.5 Å². The maximum absolute atomic E-state index is 12.1. The number of nitrogen functional groups attached to an aromatic ring is 1. The van der Waals surface area contributed by atoms with Crippen molar-refractivity contribution in [2.75, 3.05) is 25.0 Å². The Kier molecular flexibility index (Phi) is 4.52. The van der Waals surface area contributed by atoms with E-state index >= 15 is 0 Å². The van der Waals surface area contributed by atoms with Crippen molar-refractivity contribution in [1.29, 1.82) is 0 Å². The van der Waals surface area contributed by atoms with Crippen LogP contribution in [0.2, 0.25) is 0 Å². The van der Waals surface area contributed by atoms with E-state index < -0.39 is 5.91 Å². The van der Waals surface area contributed by atoms with Crippen molar-refractivity contribution in [3.8, 4) is 11.5 Å². The first kappa shape index (κ1) is 14.5. The average Bonchev–Trinajstić information content (AvgIpc) is 2.54. The number of anilines is 2. The van der Waals surface area contributed by atoms with Crippen molar-refractivity contribution in [1.82, 2.24) is 10.2 Å². The third kappa shape index (κ3) is 3.57. The van der Waals surface area contributed by atoms with E-state index in [0.717, 1.165) is 0 Å². The number of nitrogens with one attached hydrogen (secondary N) is 2. The largest absolute Gasteiger partial charge is 0.497 e. The van der Waals surface area contributed by atoms with Crippen molar-refractivity contribution in [2.24, 2.45) is 5.84 Å². The molecule has 4 N–H and O–H groups in total. The number of ether oxygens (including phenoxy) is 2. The van der Waals surface area contributed by atoms with E-state index in [0.29, 0.717) is 23.0 Å². The number of aromatic nitrogens is 2. The zero-order valence-electron chi connectivity index (χ0n) is 11.6. The number of rotatable bonds is 5. The highest BCUT2D eigenvalue weighted by Crippen LogP contribution is 2.25. The third-order valence-corrected chi connectivity index (χ3v) is 2.65. The van der Waals surface area contributed by atoms with Crippen LogP contribution in [0.5, 0.6) is 11.5 Å². The highest BCUT2D eigenvalue weighted by molar-refractivity contribution is 6.03. The predicted octanol–water partition coefficient (Wildman–Crippen LogP) is 1.03. The Hall–Kier alpha value is -2.87. The van der Waals surface area contributed by atoms with Gasteiger partial charge in [0.1, 0.15) is 11.5 Å². The zero-order valence-corrected chi connectivity index (χ0v) is 11.6. The van der Waals surface area contributed by atoms with Gasteiger partial charge in [0.05, 0.1) is 14.2 Å². The van der Waals surface area contributed by atoms with E-state index in [-0.39, 0.29) is 5.69 Å². The zero-order chi connectivity index (χ0) is 15.2. The molecule has 0 aliphatic carbocycles. The summed E-state index contributed by atoms with van der Waals surface area (Å²) in [6.07, 6.45) is 0. The Balaban J connectivity index is 2.18. The SMILES string of the molecule is COc1cc(NC(=O)c2ccc(NN)nn2)cc(OC)c1. The minimum Gasteiger partial charge on any atom is -0.497 e. The lowest BCUT2D eigenvalue weighted by molar-refractivity contribution is 0.102. The van der Waals surface area contributed by atoms with E-state index in [4.69, 9.17) is 15.3 Å². The van der Waals surface area contributed by atoms with Crippen LogP contribution in [-0.2, 0) is 0 Å². The molecule has 8 nitrogen and oxygen atoms in total. The van der Waals surface area contributed by atoms with Crippen molar-refractivity contribution in [3.63, 3.8) is 0 Å². The molecule has 0 fully saturated rings. The minimum atomic E-state index is -0.402. The van der Waals surface area contributed by atoms with E-state index in [1.165, 1.54) is 20.3 Å². The molecular weight excluding hydrogens is 274 g/mol. The highest BCUT2D eigenvalue weighted by Gasteiger charge is 2.10. The maximum atomic E-state index is 12.1. The molecule has 0 unspecified atom stereocenters. The Labute approximate surface area is 121 Å². The Bertz CT molecular complexity index is 608. The number of nitrogens with two attached hydrogens (primary N) is 1. The summed E-state index contributed by atoms with van der Waals surface area (Å²) in [5, 5.41) is 10.2. The molecule has 110 valence electrons. The van der Waals surface area contributed by atoms with Crippen LogP contribution >= 0.6 is 0 Å². The number of amides is 1. The molecule has 0 atom stereocenters. The van der Waals surface area contributed by atoms with Gasteiger partial charge in [-0.15, -0.1) is 10.2 Å². The molecule has 0 radical (unpaired) electrons. The summed E-state index contributed by atoms with van der Waals surface area (Å²) >= 11 is 0. The molecule has 0 aliphatic rings. The monoisotopic (exact) mass is 289 g/mol. The van der Waals surface area contributed by atoms with Crippen molar-refractivity contribution in [3.05, 3.63) is 36.0 Å². The van der Waals surface area contributed by atoms with Crippen LogP contribution in [0.1, 0.15) is 10.5 Å². The van der Waals surface area contributed by atoms with Gasteiger partial charge in [-0.2, -0.15) is 0 Å². The summed E-state index contributed by atoms with van der Waals surface area (Å²) in [6.45, 7) is 0. The van der Waals surface area contributed by atoms with Gasteiger partial charge in [0.25, 0.3) is 5.91 Å². The fourth-order valence-corrected chi connectivity index (χ4v) is 1.61. The van der Waals surface area contributed by atoms with Crippen LogP contribution in [0.25, 0.3) is 0 Å². The summed E-state index contributed by atoms with van der Waals surface area (Å²) in [4.78, 5) is 12.1. The molecule has 0 bridgehead atoms. The third-order valence-electron chi connectivity index (χ3n) is 2.65. The Morgan fingerprint density at radius 1 is 1.10 bits per heavy atom. The quantitative estimate of drug-likeness (QED) is 0.556. The highest BCUT2D eigenvalue weighted by atomic mass is 16.5. The van der Waals surface area contributed by atoms with Gasteiger partial charge < -0.3 is 20.2 Å². The normalized spacial score (nSPS) is 9.86. The standard InChI is InChI=1S/C13H15N5O3/c1-20-9-5-8(6-10(7-9)21-2)15-13(19)11-3-4-12(16-14)18-17-11/h3-7H,14H2,1-2H3,(H,15,19)(H,16,18). The molecule has 21 heavy (non-hydrogen) atoms. The molecule has 1 aromatic heterocycles. The maximum Gasteiger partial charge on any atom is 0.276 e. The van der Waals surface area contributed by atoms with Crippen LogP contribution in [-0.4, -0.2) is 30.3 Å². The van der Waals surface area contributed by atoms with Gasteiger partial charge in [0, 0.05) is 23.9 Å². The second kappa shape index (κ2) is 6.53. The number of hydrazine groups is 1. The summed E-state index contributed by atoms with van der Waals surface area (Å²) in [5.41, 5.74) is 3.02. The molecule has 1 amide bonds. The number of hydrogen-bond donors (Lipinski definition) is 3. The Morgan fingerprint density at radius 2 is 1.76 bits per heavy atom. The number of hydrogen-bond acceptors (Lipinski definition) is 7. The second-order valence-corrected chi connectivity index (χ2v) is 4.00. The van der Waals surface area contributed by atoms with E-state index in [1.54, 1.807) is 24.3 Å². The first-order valence-corrected chi connectivity index (χ1v) is 6.01. The van der Waals surface area contributed by atoms with Gasteiger partial charge in [-0.3, -0.25) is 4.79 Å².